The van der Waals surface area contributed by atoms with Gasteiger partial charge in [-0.2, -0.15) is 5.10 Å². The molecule has 0 fully saturated rings. The van der Waals surface area contributed by atoms with Crippen LogP contribution in [0.2, 0.25) is 0 Å². The molecule has 3 aromatic rings. The molecule has 2 aromatic heterocycles. The number of nitrogens with zero attached hydrogens (tertiary/aromatic N) is 3. The lowest BCUT2D eigenvalue weighted by atomic mass is 9.98. The molecule has 23 heavy (non-hydrogen) atoms. The Hall–Kier alpha value is -2.80. The van der Waals surface area contributed by atoms with Crippen LogP contribution in [0.4, 0.5) is 4.39 Å². The molecule has 118 valence electrons. The van der Waals surface area contributed by atoms with Crippen LogP contribution in [-0.4, -0.2) is 30.8 Å². The van der Waals surface area contributed by atoms with Crippen LogP contribution in [0.1, 0.15) is 29.9 Å². The number of rotatable bonds is 3. The second kappa shape index (κ2) is 5.13. The zero-order chi connectivity index (χ0) is 16.8. The summed E-state index contributed by atoms with van der Waals surface area (Å²) in [6.45, 7) is 3.15. The highest BCUT2D eigenvalue weighted by Gasteiger charge is 2.24. The van der Waals surface area contributed by atoms with Crippen LogP contribution in [-0.2, 0) is 5.60 Å². The summed E-state index contributed by atoms with van der Waals surface area (Å²) in [7, 11) is 0. The van der Waals surface area contributed by atoms with Crippen molar-refractivity contribution in [3.8, 4) is 11.3 Å². The number of imidazole rings is 1. The van der Waals surface area contributed by atoms with Crippen molar-refractivity contribution in [2.24, 2.45) is 0 Å². The predicted molar refractivity (Wildman–Crippen MR) is 80.6 cm³/mol. The Morgan fingerprint density at radius 3 is 2.48 bits per heavy atom. The van der Waals surface area contributed by atoms with E-state index < -0.39 is 11.6 Å². The van der Waals surface area contributed by atoms with Crippen LogP contribution in [0.5, 0.6) is 0 Å². The fourth-order valence-electron chi connectivity index (χ4n) is 2.29. The lowest BCUT2D eigenvalue weighted by Crippen LogP contribution is -2.18. The Morgan fingerprint density at radius 2 is 1.91 bits per heavy atom. The molecule has 0 bridgehead atoms. The summed E-state index contributed by atoms with van der Waals surface area (Å²) in [5.74, 6) is -1.55. The summed E-state index contributed by atoms with van der Waals surface area (Å²) in [6, 6.07) is 7.36. The Balaban J connectivity index is 2.28. The number of hydrogen-bond donors (Lipinski definition) is 2. The highest BCUT2D eigenvalue weighted by molar-refractivity contribution is 5.86. The first-order valence-electron chi connectivity index (χ1n) is 6.88. The van der Waals surface area contributed by atoms with Gasteiger partial charge in [0.1, 0.15) is 5.82 Å². The highest BCUT2D eigenvalue weighted by atomic mass is 19.1. The Morgan fingerprint density at radius 1 is 1.26 bits per heavy atom. The van der Waals surface area contributed by atoms with Crippen molar-refractivity contribution in [2.45, 2.75) is 19.4 Å². The molecule has 0 aliphatic rings. The van der Waals surface area contributed by atoms with Crippen LogP contribution in [0, 0.1) is 5.82 Å². The number of carboxylic acid groups (broad SMARTS) is 1. The zero-order valence-electron chi connectivity index (χ0n) is 12.5. The molecule has 0 atom stereocenters. The van der Waals surface area contributed by atoms with E-state index in [1.54, 1.807) is 32.0 Å². The highest BCUT2D eigenvalue weighted by Crippen LogP contribution is 2.28. The standard InChI is InChI=1S/C16H14FN3O3/c1-16(2,23)11-7-12(9-3-5-10(17)6-4-9)19-20-8-13(15(21)22)18-14(11)20/h3-8,23H,1-2H3,(H,21,22). The first-order chi connectivity index (χ1) is 10.8. The third-order valence-electron chi connectivity index (χ3n) is 3.44. The van der Waals surface area contributed by atoms with Gasteiger partial charge in [0.05, 0.1) is 17.5 Å². The fraction of sp³-hybridized carbons (Fsp3) is 0.188. The van der Waals surface area contributed by atoms with E-state index in [0.717, 1.165) is 0 Å². The van der Waals surface area contributed by atoms with Gasteiger partial charge in [-0.25, -0.2) is 18.7 Å². The molecular formula is C16H14FN3O3. The smallest absolute Gasteiger partial charge is 0.356 e. The number of hydrogen-bond acceptors (Lipinski definition) is 4. The van der Waals surface area contributed by atoms with Gasteiger partial charge >= 0.3 is 5.97 Å². The molecule has 0 saturated carbocycles. The van der Waals surface area contributed by atoms with Crippen molar-refractivity contribution >= 4 is 11.6 Å². The van der Waals surface area contributed by atoms with E-state index in [-0.39, 0.29) is 17.2 Å². The van der Waals surface area contributed by atoms with E-state index in [1.165, 1.54) is 22.8 Å². The van der Waals surface area contributed by atoms with Gasteiger partial charge in [0.2, 0.25) is 0 Å². The number of carboxylic acids is 1. The number of aromatic nitrogens is 3. The van der Waals surface area contributed by atoms with E-state index in [4.69, 9.17) is 5.11 Å². The van der Waals surface area contributed by atoms with E-state index >= 15 is 0 Å². The average Bonchev–Trinajstić information content (AvgIpc) is 2.90. The van der Waals surface area contributed by atoms with Crippen LogP contribution in [0.25, 0.3) is 16.9 Å². The molecule has 0 radical (unpaired) electrons. The number of aromatic carboxylic acids is 1. The molecule has 0 saturated heterocycles. The summed E-state index contributed by atoms with van der Waals surface area (Å²) in [5.41, 5.74) is 0.396. The predicted octanol–water partition coefficient (Wildman–Crippen LogP) is 2.46. The van der Waals surface area contributed by atoms with Crippen LogP contribution < -0.4 is 0 Å². The van der Waals surface area contributed by atoms with E-state index in [1.807, 2.05) is 0 Å². The Kier molecular flexibility index (Phi) is 3.37. The van der Waals surface area contributed by atoms with Gasteiger partial charge in [-0.3, -0.25) is 0 Å². The molecule has 1 aromatic carbocycles. The summed E-state index contributed by atoms with van der Waals surface area (Å²) in [6.07, 6.45) is 1.28. The largest absolute Gasteiger partial charge is 0.476 e. The summed E-state index contributed by atoms with van der Waals surface area (Å²) in [4.78, 5) is 15.1. The molecule has 2 N–H and O–H groups in total. The maximum absolute atomic E-state index is 13.1. The van der Waals surface area contributed by atoms with Gasteiger partial charge in [0.15, 0.2) is 11.3 Å². The quantitative estimate of drug-likeness (QED) is 0.775. The minimum atomic E-state index is -1.25. The third kappa shape index (κ3) is 2.78. The second-order valence-corrected chi connectivity index (χ2v) is 5.71. The van der Waals surface area contributed by atoms with Crippen molar-refractivity contribution < 1.29 is 19.4 Å². The minimum absolute atomic E-state index is 0.167. The third-order valence-corrected chi connectivity index (χ3v) is 3.44. The Labute approximate surface area is 130 Å². The molecule has 3 rings (SSSR count). The topological polar surface area (TPSA) is 87.7 Å². The first-order valence-corrected chi connectivity index (χ1v) is 6.88. The van der Waals surface area contributed by atoms with Crippen molar-refractivity contribution in [3.05, 3.63) is 53.6 Å². The van der Waals surface area contributed by atoms with Crippen LogP contribution in [0.3, 0.4) is 0 Å². The first kappa shape index (κ1) is 15.1. The number of carbonyl (C=O) groups is 1. The van der Waals surface area contributed by atoms with Gasteiger partial charge < -0.3 is 10.2 Å². The minimum Gasteiger partial charge on any atom is -0.476 e. The van der Waals surface area contributed by atoms with E-state index in [9.17, 15) is 14.3 Å². The lowest BCUT2D eigenvalue weighted by molar-refractivity contribution is 0.0689. The SMILES string of the molecule is CC(C)(O)c1cc(-c2ccc(F)cc2)nn2cc(C(=O)O)nc12. The maximum Gasteiger partial charge on any atom is 0.356 e. The zero-order valence-corrected chi connectivity index (χ0v) is 12.5. The van der Waals surface area contributed by atoms with Gasteiger partial charge in [0, 0.05) is 11.1 Å². The monoisotopic (exact) mass is 315 g/mol. The Bertz CT molecular complexity index is 895. The molecule has 0 aliphatic carbocycles. The van der Waals surface area contributed by atoms with Crippen molar-refractivity contribution in [1.29, 1.82) is 0 Å². The van der Waals surface area contributed by atoms with Gasteiger partial charge in [-0.1, -0.05) is 0 Å². The normalized spacial score (nSPS) is 11.8. The van der Waals surface area contributed by atoms with Crippen molar-refractivity contribution in [1.82, 2.24) is 14.6 Å². The maximum atomic E-state index is 13.1. The number of halogens is 1. The van der Waals surface area contributed by atoms with Crippen LogP contribution >= 0.6 is 0 Å². The summed E-state index contributed by atoms with van der Waals surface area (Å²) >= 11 is 0. The summed E-state index contributed by atoms with van der Waals surface area (Å²) < 4.78 is 14.4. The van der Waals surface area contributed by atoms with Crippen molar-refractivity contribution in [3.63, 3.8) is 0 Å². The van der Waals surface area contributed by atoms with E-state index in [0.29, 0.717) is 16.8 Å². The van der Waals surface area contributed by atoms with Gasteiger partial charge in [-0.05, 0) is 44.2 Å². The lowest BCUT2D eigenvalue weighted by Gasteiger charge is -2.19. The van der Waals surface area contributed by atoms with Crippen LogP contribution in [0.15, 0.2) is 36.5 Å². The molecule has 0 unspecified atom stereocenters. The average molecular weight is 315 g/mol. The second-order valence-electron chi connectivity index (χ2n) is 5.71. The number of benzene rings is 1. The molecular weight excluding hydrogens is 301 g/mol. The molecule has 0 amide bonds. The molecule has 2 heterocycles. The van der Waals surface area contributed by atoms with E-state index in [2.05, 4.69) is 10.1 Å². The molecule has 6 nitrogen and oxygen atoms in total. The molecule has 0 spiro atoms. The van der Waals surface area contributed by atoms with Gasteiger partial charge in [-0.15, -0.1) is 0 Å². The number of aliphatic hydroxyl groups is 1. The molecule has 7 heteroatoms. The van der Waals surface area contributed by atoms with Crippen molar-refractivity contribution in [2.75, 3.05) is 0 Å². The summed E-state index contributed by atoms with van der Waals surface area (Å²) in [5, 5.41) is 23.8. The molecule has 0 aliphatic heterocycles. The number of fused-ring (bicyclic) bond motifs is 1. The fourth-order valence-corrected chi connectivity index (χ4v) is 2.29. The van der Waals surface area contributed by atoms with Gasteiger partial charge in [0.25, 0.3) is 0 Å².